The number of piperidine rings is 1. The van der Waals surface area contributed by atoms with Crippen LogP contribution in [-0.2, 0) is 11.3 Å². The van der Waals surface area contributed by atoms with Gasteiger partial charge in [0.2, 0.25) is 5.91 Å². The van der Waals surface area contributed by atoms with Gasteiger partial charge in [0.25, 0.3) is 5.56 Å². The molecule has 2 aliphatic heterocycles. The van der Waals surface area contributed by atoms with Crippen molar-refractivity contribution in [2.24, 2.45) is 5.92 Å². The number of anilines is 2. The van der Waals surface area contributed by atoms with E-state index in [1.807, 2.05) is 47.1 Å². The summed E-state index contributed by atoms with van der Waals surface area (Å²) >= 11 is 6.22. The molecule has 2 fully saturated rings. The van der Waals surface area contributed by atoms with E-state index in [-0.39, 0.29) is 17.4 Å². The molecule has 5 rings (SSSR count). The molecule has 2 aliphatic rings. The van der Waals surface area contributed by atoms with Gasteiger partial charge in [-0.05, 0) is 56.5 Å². The van der Waals surface area contributed by atoms with Crippen LogP contribution in [0.1, 0.15) is 25.3 Å². The van der Waals surface area contributed by atoms with E-state index in [0.29, 0.717) is 43.2 Å². The number of nitrogens with zero attached hydrogens (tertiary/aromatic N) is 6. The molecule has 184 valence electrons. The van der Waals surface area contributed by atoms with Gasteiger partial charge in [0.05, 0.1) is 5.92 Å². The highest BCUT2D eigenvalue weighted by Gasteiger charge is 2.33. The Kier molecular flexibility index (Phi) is 6.65. The number of hydrogen-bond acceptors (Lipinski definition) is 6. The summed E-state index contributed by atoms with van der Waals surface area (Å²) in [6.07, 6.45) is 3.37. The van der Waals surface area contributed by atoms with Crippen molar-refractivity contribution in [2.75, 3.05) is 49.1 Å². The van der Waals surface area contributed by atoms with Gasteiger partial charge in [-0.1, -0.05) is 17.7 Å². The highest BCUT2D eigenvalue weighted by molar-refractivity contribution is 6.30. The van der Waals surface area contributed by atoms with Gasteiger partial charge in [-0.25, -0.2) is 9.97 Å². The average Bonchev–Trinajstić information content (AvgIpc) is 2.89. The molecule has 2 aromatic heterocycles. The maximum atomic E-state index is 13.5. The number of benzene rings is 1. The molecule has 9 heteroatoms. The Morgan fingerprint density at radius 2 is 1.91 bits per heavy atom. The quantitative estimate of drug-likeness (QED) is 0.554. The number of aryl methyl sites for hydroxylation is 2. The first-order valence-corrected chi connectivity index (χ1v) is 12.7. The minimum absolute atomic E-state index is 0.135. The fourth-order valence-corrected chi connectivity index (χ4v) is 5.45. The number of hydrogen-bond donors (Lipinski definition) is 0. The van der Waals surface area contributed by atoms with E-state index in [0.717, 1.165) is 43.2 Å². The van der Waals surface area contributed by atoms with Gasteiger partial charge >= 0.3 is 0 Å². The molecule has 0 spiro atoms. The first-order valence-electron chi connectivity index (χ1n) is 12.4. The second kappa shape index (κ2) is 9.85. The predicted octanol–water partition coefficient (Wildman–Crippen LogP) is 3.34. The second-order valence-electron chi connectivity index (χ2n) is 9.36. The topological polar surface area (TPSA) is 74.6 Å². The summed E-state index contributed by atoms with van der Waals surface area (Å²) in [5, 5.41) is 0.728. The third-order valence-corrected chi connectivity index (χ3v) is 7.41. The van der Waals surface area contributed by atoms with E-state index in [1.165, 1.54) is 5.56 Å². The normalized spacial score (nSPS) is 18.8. The van der Waals surface area contributed by atoms with Crippen molar-refractivity contribution in [1.82, 2.24) is 19.4 Å². The van der Waals surface area contributed by atoms with Crippen LogP contribution in [0.5, 0.6) is 0 Å². The number of amides is 1. The fraction of sp³-hybridized carbons (Fsp3) is 0.462. The number of fused-ring (bicyclic) bond motifs is 1. The van der Waals surface area contributed by atoms with E-state index in [2.05, 4.69) is 21.8 Å². The van der Waals surface area contributed by atoms with Crippen LogP contribution in [0.2, 0.25) is 5.02 Å². The molecule has 8 nitrogen and oxygen atoms in total. The van der Waals surface area contributed by atoms with Crippen LogP contribution in [0.4, 0.5) is 11.5 Å². The van der Waals surface area contributed by atoms with Crippen molar-refractivity contribution in [1.29, 1.82) is 0 Å². The molecule has 0 N–H and O–H groups in total. The van der Waals surface area contributed by atoms with Crippen molar-refractivity contribution in [3.63, 3.8) is 0 Å². The Morgan fingerprint density at radius 3 is 2.69 bits per heavy atom. The minimum atomic E-state index is -0.141. The first-order chi connectivity index (χ1) is 17.0. The molecule has 0 bridgehead atoms. The Balaban J connectivity index is 1.29. The molecule has 0 aliphatic carbocycles. The highest BCUT2D eigenvalue weighted by Crippen LogP contribution is 2.27. The summed E-state index contributed by atoms with van der Waals surface area (Å²) in [7, 11) is 0. The zero-order valence-electron chi connectivity index (χ0n) is 20.3. The molecular weight excluding hydrogens is 464 g/mol. The summed E-state index contributed by atoms with van der Waals surface area (Å²) < 4.78 is 1.67. The van der Waals surface area contributed by atoms with Crippen molar-refractivity contribution < 1.29 is 4.79 Å². The minimum Gasteiger partial charge on any atom is -0.368 e. The molecular formula is C26H31ClN6O2. The van der Waals surface area contributed by atoms with Crippen molar-refractivity contribution in [3.05, 3.63) is 57.5 Å². The van der Waals surface area contributed by atoms with E-state index in [4.69, 9.17) is 11.6 Å². The molecule has 2 saturated heterocycles. The molecule has 0 unspecified atom stereocenters. The van der Waals surface area contributed by atoms with Crippen molar-refractivity contribution in [3.8, 4) is 0 Å². The highest BCUT2D eigenvalue weighted by atomic mass is 35.5. The molecule has 1 aromatic carbocycles. The molecule has 4 heterocycles. The van der Waals surface area contributed by atoms with Crippen molar-refractivity contribution >= 4 is 40.2 Å². The van der Waals surface area contributed by atoms with Gasteiger partial charge in [0.15, 0.2) is 11.5 Å². The maximum Gasteiger partial charge on any atom is 0.295 e. The number of halogens is 1. The van der Waals surface area contributed by atoms with Crippen LogP contribution in [0.3, 0.4) is 0 Å². The predicted molar refractivity (Wildman–Crippen MR) is 139 cm³/mol. The van der Waals surface area contributed by atoms with Crippen LogP contribution in [0, 0.1) is 12.8 Å². The third-order valence-electron chi connectivity index (χ3n) is 7.17. The Morgan fingerprint density at radius 1 is 1.11 bits per heavy atom. The largest absolute Gasteiger partial charge is 0.368 e. The monoisotopic (exact) mass is 494 g/mol. The van der Waals surface area contributed by atoms with Crippen LogP contribution < -0.4 is 15.4 Å². The molecule has 1 amide bonds. The van der Waals surface area contributed by atoms with E-state index in [1.54, 1.807) is 10.8 Å². The van der Waals surface area contributed by atoms with Gasteiger partial charge in [0.1, 0.15) is 5.52 Å². The Bertz CT molecular complexity index is 1300. The summed E-state index contributed by atoms with van der Waals surface area (Å²) in [6.45, 7) is 8.72. The number of piperazine rings is 1. The number of pyridine rings is 1. The first kappa shape index (κ1) is 23.6. The Hall–Kier alpha value is -3.13. The van der Waals surface area contributed by atoms with E-state index >= 15 is 0 Å². The lowest BCUT2D eigenvalue weighted by atomic mass is 9.96. The van der Waals surface area contributed by atoms with Gasteiger partial charge in [-0.2, -0.15) is 0 Å². The summed E-state index contributed by atoms with van der Waals surface area (Å²) in [4.78, 5) is 42.0. The average molecular weight is 495 g/mol. The molecule has 1 atom stereocenters. The smallest absolute Gasteiger partial charge is 0.295 e. The van der Waals surface area contributed by atoms with Gasteiger partial charge < -0.3 is 14.7 Å². The molecule has 0 saturated carbocycles. The second-order valence-corrected chi connectivity index (χ2v) is 9.80. The summed E-state index contributed by atoms with van der Waals surface area (Å²) in [6, 6.07) is 9.66. The van der Waals surface area contributed by atoms with Gasteiger partial charge in [0, 0.05) is 62.7 Å². The summed E-state index contributed by atoms with van der Waals surface area (Å²) in [5.41, 5.74) is 3.48. The number of aromatic nitrogens is 3. The third kappa shape index (κ3) is 4.59. The molecule has 3 aromatic rings. The van der Waals surface area contributed by atoms with Crippen LogP contribution in [0.15, 0.2) is 41.3 Å². The molecule has 0 radical (unpaired) electrons. The lowest BCUT2D eigenvalue weighted by Crippen LogP contribution is -2.53. The van der Waals surface area contributed by atoms with Crippen LogP contribution >= 0.6 is 11.6 Å². The summed E-state index contributed by atoms with van der Waals surface area (Å²) in [5.74, 6) is 0.464. The van der Waals surface area contributed by atoms with Gasteiger partial charge in [-0.15, -0.1) is 0 Å². The Labute approximate surface area is 210 Å². The maximum absolute atomic E-state index is 13.5. The van der Waals surface area contributed by atoms with Crippen molar-refractivity contribution in [2.45, 2.75) is 33.2 Å². The zero-order valence-corrected chi connectivity index (χ0v) is 21.0. The standard InChI is InChI=1S/C26H31ClN6O2/c1-3-33-23-21(7-4-10-28-23)29-24(26(33)35)32-11-5-6-19(17-32)25(34)31-14-12-30(13-15-31)22-16-20(27)9-8-18(22)2/h4,7-10,16,19H,3,5-6,11-15,17H2,1-2H3/t19-/m0/s1. The fourth-order valence-electron chi connectivity index (χ4n) is 5.28. The lowest BCUT2D eigenvalue weighted by molar-refractivity contribution is -0.136. The molecule has 35 heavy (non-hydrogen) atoms. The lowest BCUT2D eigenvalue weighted by Gasteiger charge is -2.40. The van der Waals surface area contributed by atoms with E-state index in [9.17, 15) is 9.59 Å². The number of carbonyl (C=O) groups excluding carboxylic acids is 1. The SMILES string of the molecule is CCn1c(=O)c(N2CCC[C@H](C(=O)N3CCN(c4cc(Cl)ccc4C)CC3)C2)nc2cccnc21. The van der Waals surface area contributed by atoms with E-state index < -0.39 is 0 Å². The van der Waals surface area contributed by atoms with Crippen LogP contribution in [0.25, 0.3) is 11.2 Å². The van der Waals surface area contributed by atoms with Gasteiger partial charge in [-0.3, -0.25) is 14.2 Å². The zero-order chi connectivity index (χ0) is 24.5. The number of carbonyl (C=O) groups is 1. The number of rotatable bonds is 4. The van der Waals surface area contributed by atoms with Crippen LogP contribution in [-0.4, -0.2) is 64.6 Å².